The van der Waals surface area contributed by atoms with E-state index in [4.69, 9.17) is 15.0 Å². The highest BCUT2D eigenvalue weighted by Gasteiger charge is 2.38. The van der Waals surface area contributed by atoms with Gasteiger partial charge in [-0.1, -0.05) is 6.92 Å². The summed E-state index contributed by atoms with van der Waals surface area (Å²) in [6.45, 7) is 2.02. The van der Waals surface area contributed by atoms with Gasteiger partial charge in [-0.05, 0) is 6.42 Å². The third-order valence-corrected chi connectivity index (χ3v) is 2.50. The monoisotopic (exact) mass is 354 g/mol. The fourth-order valence-corrected chi connectivity index (χ4v) is 1.24. The molecule has 4 N–H and O–H groups in total. The first-order chi connectivity index (χ1) is 11.0. The number of nitrogens with one attached hydrogen (secondary N) is 1. The van der Waals surface area contributed by atoms with Crippen LogP contribution in [0.4, 0.5) is 24.9 Å². The number of aliphatic hydroxyl groups is 2. The highest BCUT2D eigenvalue weighted by Crippen LogP contribution is 2.13. The number of carbonyl (C=O) groups is 1. The van der Waals surface area contributed by atoms with E-state index in [0.29, 0.717) is 11.8 Å². The van der Waals surface area contributed by atoms with Crippen molar-refractivity contribution < 1.29 is 33.3 Å². The van der Waals surface area contributed by atoms with Gasteiger partial charge in [0, 0.05) is 32.4 Å². The molecule has 0 aliphatic rings. The summed E-state index contributed by atoms with van der Waals surface area (Å²) in [6, 6.07) is 1.84. The Balaban J connectivity index is 0.000000640. The van der Waals surface area contributed by atoms with E-state index < -0.39 is 18.2 Å². The number of aromatic nitrogens is 2. The Bertz CT molecular complexity index is 526. The van der Waals surface area contributed by atoms with E-state index in [-0.39, 0.29) is 13.2 Å². The SMILES string of the molecule is CCc1cc(NCC(O)CO)nc(N(C)C)n1.O=C(O)C(F)(F)F. The quantitative estimate of drug-likeness (QED) is 0.583. The van der Waals surface area contributed by atoms with Crippen molar-refractivity contribution in [2.45, 2.75) is 25.6 Å². The topological polar surface area (TPSA) is 119 Å². The Hall–Kier alpha value is -2.14. The van der Waals surface area contributed by atoms with E-state index >= 15 is 0 Å². The fourth-order valence-electron chi connectivity index (χ4n) is 1.24. The van der Waals surface area contributed by atoms with E-state index in [9.17, 15) is 18.3 Å². The molecule has 0 saturated heterocycles. The first-order valence-corrected chi connectivity index (χ1v) is 6.89. The van der Waals surface area contributed by atoms with Crippen LogP contribution < -0.4 is 10.2 Å². The lowest BCUT2D eigenvalue weighted by Crippen LogP contribution is -2.24. The number of alkyl halides is 3. The molecule has 0 aliphatic heterocycles. The van der Waals surface area contributed by atoms with Crippen molar-refractivity contribution >= 4 is 17.7 Å². The number of anilines is 2. The van der Waals surface area contributed by atoms with Gasteiger partial charge in [-0.2, -0.15) is 18.2 Å². The van der Waals surface area contributed by atoms with E-state index in [1.165, 1.54) is 0 Å². The summed E-state index contributed by atoms with van der Waals surface area (Å²) in [5.74, 6) is -1.47. The molecule has 0 aliphatic carbocycles. The van der Waals surface area contributed by atoms with Crippen LogP contribution in [0.25, 0.3) is 0 Å². The molecule has 1 aromatic heterocycles. The molecule has 24 heavy (non-hydrogen) atoms. The van der Waals surface area contributed by atoms with Crippen LogP contribution in [0.15, 0.2) is 6.07 Å². The summed E-state index contributed by atoms with van der Waals surface area (Å²) >= 11 is 0. The molecule has 0 saturated carbocycles. The number of hydrogen-bond donors (Lipinski definition) is 4. The summed E-state index contributed by atoms with van der Waals surface area (Å²) in [6.07, 6.45) is -5.04. The van der Waals surface area contributed by atoms with Gasteiger partial charge in [0.1, 0.15) is 5.82 Å². The molecule has 1 unspecified atom stereocenters. The zero-order chi connectivity index (χ0) is 18.9. The molecule has 0 aromatic carbocycles. The Labute approximate surface area is 137 Å². The standard InChI is InChI=1S/C11H20N4O2.C2HF3O2/c1-4-8-5-10(12-6-9(17)7-16)14-11(13-8)15(2)3;3-2(4,5)1(6)7/h5,9,16-17H,4,6-7H2,1-3H3,(H,12,13,14);(H,6,7). The van der Waals surface area contributed by atoms with E-state index in [1.54, 1.807) is 0 Å². The minimum Gasteiger partial charge on any atom is -0.475 e. The number of carboxylic acids is 1. The normalized spacial score (nSPS) is 12.0. The van der Waals surface area contributed by atoms with Gasteiger partial charge in [-0.3, -0.25) is 0 Å². The first-order valence-electron chi connectivity index (χ1n) is 6.89. The Morgan fingerprint density at radius 3 is 2.29 bits per heavy atom. The molecule has 0 amide bonds. The number of halogens is 3. The molecule has 1 rings (SSSR count). The Morgan fingerprint density at radius 2 is 1.92 bits per heavy atom. The lowest BCUT2D eigenvalue weighted by atomic mass is 10.3. The number of rotatable bonds is 6. The molecule has 1 heterocycles. The second kappa shape index (κ2) is 9.88. The molecule has 138 valence electrons. The molecule has 0 fully saturated rings. The van der Waals surface area contributed by atoms with Crippen LogP contribution in [0.5, 0.6) is 0 Å². The van der Waals surface area contributed by atoms with Crippen LogP contribution in [0.2, 0.25) is 0 Å². The first kappa shape index (κ1) is 21.9. The van der Waals surface area contributed by atoms with Crippen LogP contribution in [0.3, 0.4) is 0 Å². The third-order valence-electron chi connectivity index (χ3n) is 2.50. The van der Waals surface area contributed by atoms with E-state index in [1.807, 2.05) is 32.0 Å². The van der Waals surface area contributed by atoms with Crippen molar-refractivity contribution in [1.29, 1.82) is 0 Å². The molecule has 1 aromatic rings. The molecule has 8 nitrogen and oxygen atoms in total. The lowest BCUT2D eigenvalue weighted by molar-refractivity contribution is -0.192. The van der Waals surface area contributed by atoms with Gasteiger partial charge in [0.25, 0.3) is 0 Å². The molecule has 0 spiro atoms. The van der Waals surface area contributed by atoms with Crippen LogP contribution in [0.1, 0.15) is 12.6 Å². The van der Waals surface area contributed by atoms with Gasteiger partial charge in [-0.15, -0.1) is 0 Å². The predicted molar refractivity (Wildman–Crippen MR) is 81.0 cm³/mol. The minimum absolute atomic E-state index is 0.265. The smallest absolute Gasteiger partial charge is 0.475 e. The van der Waals surface area contributed by atoms with Crippen molar-refractivity contribution in [3.8, 4) is 0 Å². The molecular formula is C13H21F3N4O4. The highest BCUT2D eigenvalue weighted by molar-refractivity contribution is 5.73. The fraction of sp³-hybridized carbons (Fsp3) is 0.615. The second-order valence-corrected chi connectivity index (χ2v) is 4.81. The second-order valence-electron chi connectivity index (χ2n) is 4.81. The van der Waals surface area contributed by atoms with Gasteiger partial charge < -0.3 is 25.5 Å². The van der Waals surface area contributed by atoms with Gasteiger partial charge >= 0.3 is 12.1 Å². The number of carboxylic acid groups (broad SMARTS) is 1. The molecule has 11 heteroatoms. The minimum atomic E-state index is -5.08. The number of hydrogen-bond acceptors (Lipinski definition) is 7. The number of aryl methyl sites for hydroxylation is 1. The zero-order valence-electron chi connectivity index (χ0n) is 13.5. The van der Waals surface area contributed by atoms with Crippen molar-refractivity contribution in [3.05, 3.63) is 11.8 Å². The summed E-state index contributed by atoms with van der Waals surface area (Å²) in [5, 5.41) is 28.1. The van der Waals surface area contributed by atoms with Crippen molar-refractivity contribution in [2.24, 2.45) is 0 Å². The third kappa shape index (κ3) is 8.48. The number of aliphatic hydroxyl groups excluding tert-OH is 2. The van der Waals surface area contributed by atoms with Crippen LogP contribution in [0, 0.1) is 0 Å². The summed E-state index contributed by atoms with van der Waals surface area (Å²) in [7, 11) is 3.75. The van der Waals surface area contributed by atoms with Gasteiger partial charge in [0.15, 0.2) is 0 Å². The molecule has 0 bridgehead atoms. The summed E-state index contributed by atoms with van der Waals surface area (Å²) < 4.78 is 31.7. The number of aliphatic carboxylic acids is 1. The largest absolute Gasteiger partial charge is 0.490 e. The average molecular weight is 354 g/mol. The maximum Gasteiger partial charge on any atom is 0.490 e. The summed E-state index contributed by atoms with van der Waals surface area (Å²) in [5.41, 5.74) is 0.935. The van der Waals surface area contributed by atoms with Gasteiger partial charge in [0.2, 0.25) is 5.95 Å². The molecule has 1 atom stereocenters. The Morgan fingerprint density at radius 1 is 1.38 bits per heavy atom. The summed E-state index contributed by atoms with van der Waals surface area (Å²) in [4.78, 5) is 19.4. The van der Waals surface area contributed by atoms with Gasteiger partial charge in [-0.25, -0.2) is 9.78 Å². The van der Waals surface area contributed by atoms with Crippen molar-refractivity contribution in [3.63, 3.8) is 0 Å². The van der Waals surface area contributed by atoms with Crippen molar-refractivity contribution in [2.75, 3.05) is 37.5 Å². The predicted octanol–water partition coefficient (Wildman–Crippen LogP) is 0.503. The van der Waals surface area contributed by atoms with Crippen LogP contribution in [-0.4, -0.2) is 70.8 Å². The van der Waals surface area contributed by atoms with Crippen LogP contribution >= 0.6 is 0 Å². The van der Waals surface area contributed by atoms with E-state index in [0.717, 1.165) is 12.1 Å². The zero-order valence-corrected chi connectivity index (χ0v) is 13.5. The van der Waals surface area contributed by atoms with Crippen LogP contribution in [-0.2, 0) is 11.2 Å². The maximum atomic E-state index is 10.6. The maximum absolute atomic E-state index is 10.6. The van der Waals surface area contributed by atoms with Crippen molar-refractivity contribution in [1.82, 2.24) is 9.97 Å². The Kier molecular flexibility index (Phi) is 9.00. The van der Waals surface area contributed by atoms with E-state index in [2.05, 4.69) is 15.3 Å². The average Bonchev–Trinajstić information content (AvgIpc) is 2.51. The lowest BCUT2D eigenvalue weighted by Gasteiger charge is -2.15. The number of nitrogens with zero attached hydrogens (tertiary/aromatic N) is 3. The highest BCUT2D eigenvalue weighted by atomic mass is 19.4. The van der Waals surface area contributed by atoms with Gasteiger partial charge in [0.05, 0.1) is 12.7 Å². The molecular weight excluding hydrogens is 333 g/mol. The molecule has 0 radical (unpaired) electrons.